The highest BCUT2D eigenvalue weighted by Crippen LogP contribution is 2.46. The summed E-state index contributed by atoms with van der Waals surface area (Å²) in [6.07, 6.45) is 0.0632. The molecule has 5 rings (SSSR count). The predicted octanol–water partition coefficient (Wildman–Crippen LogP) is 7.11. The van der Waals surface area contributed by atoms with Crippen LogP contribution in [0.4, 0.5) is 11.4 Å². The van der Waals surface area contributed by atoms with Gasteiger partial charge in [-0.2, -0.15) is 0 Å². The van der Waals surface area contributed by atoms with E-state index >= 15 is 0 Å². The van der Waals surface area contributed by atoms with E-state index in [-0.39, 0.29) is 35.7 Å². The lowest BCUT2D eigenvalue weighted by Gasteiger charge is -2.18. The number of carbonyl (C=O) groups is 4. The Morgan fingerprint density at radius 3 is 2.08 bits per heavy atom. The number of hydrogen-bond donors (Lipinski definition) is 0. The Kier molecular flexibility index (Phi) is 7.40. The molecule has 0 unspecified atom stereocenters. The first-order valence-corrected chi connectivity index (χ1v) is 14.6. The van der Waals surface area contributed by atoms with Gasteiger partial charge in [-0.15, -0.1) is 0 Å². The average molecular weight is 770 g/mol. The number of carbonyl (C=O) groups excluding carboxylic acids is 4. The summed E-state index contributed by atoms with van der Waals surface area (Å²) >= 11 is 13.7. The molecule has 11 heteroatoms. The minimum atomic E-state index is -0.606. The molecule has 0 saturated carbocycles. The molecule has 1 saturated heterocycles. The van der Waals surface area contributed by atoms with Crippen LogP contribution in [-0.4, -0.2) is 30.2 Å². The highest BCUT2D eigenvalue weighted by Gasteiger charge is 2.42. The molecule has 0 aromatic heterocycles. The zero-order valence-corrected chi connectivity index (χ0v) is 26.3. The van der Waals surface area contributed by atoms with Crippen LogP contribution in [0.2, 0.25) is 0 Å². The van der Waals surface area contributed by atoms with Gasteiger partial charge in [-0.1, -0.05) is 12.1 Å². The Bertz CT molecular complexity index is 1520. The van der Waals surface area contributed by atoms with Gasteiger partial charge in [0.2, 0.25) is 5.91 Å². The van der Waals surface area contributed by atoms with Crippen molar-refractivity contribution in [2.24, 2.45) is 5.92 Å². The van der Waals surface area contributed by atoms with E-state index < -0.39 is 23.7 Å². The second-order valence-corrected chi connectivity index (χ2v) is 12.2. The minimum Gasteiger partial charge on any atom is -0.426 e. The summed E-state index contributed by atoms with van der Waals surface area (Å²) in [6, 6.07) is 12.3. The van der Waals surface area contributed by atoms with Gasteiger partial charge in [0.1, 0.15) is 5.75 Å². The number of anilines is 2. The van der Waals surface area contributed by atoms with Gasteiger partial charge in [0.15, 0.2) is 0 Å². The molecule has 194 valence electrons. The monoisotopic (exact) mass is 766 g/mol. The standard InChI is InChI=1S/C27H18Br4N2O5/c1-12-4-3-5-15(8-12)32-11-14(10-18(32)34)27(37)38-16-6-7-17(13(2)9-16)33-25(35)19-20(26(33)36)22(29)24(31)23(30)21(19)28/h3-9,14H,10-11H2,1-2H3/t14-/m0/s1. The molecule has 0 aliphatic carbocycles. The maximum atomic E-state index is 13.3. The highest BCUT2D eigenvalue weighted by atomic mass is 79.9. The first-order chi connectivity index (χ1) is 18.0. The normalized spacial score (nSPS) is 16.9. The molecule has 0 spiro atoms. The van der Waals surface area contributed by atoms with E-state index in [1.165, 1.54) is 6.07 Å². The number of imide groups is 1. The van der Waals surface area contributed by atoms with Gasteiger partial charge in [-0.05, 0) is 119 Å². The lowest BCUT2D eigenvalue weighted by Crippen LogP contribution is -2.30. The van der Waals surface area contributed by atoms with Crippen molar-refractivity contribution in [2.75, 3.05) is 16.3 Å². The van der Waals surface area contributed by atoms with Gasteiger partial charge in [0.05, 0.1) is 22.7 Å². The number of fused-ring (bicyclic) bond motifs is 1. The van der Waals surface area contributed by atoms with E-state index in [4.69, 9.17) is 4.74 Å². The molecular formula is C27H18Br4N2O5. The smallest absolute Gasteiger partial charge is 0.316 e. The van der Waals surface area contributed by atoms with Crippen molar-refractivity contribution < 1.29 is 23.9 Å². The third-order valence-corrected chi connectivity index (χ3v) is 11.3. The molecule has 38 heavy (non-hydrogen) atoms. The number of benzene rings is 3. The number of nitrogens with zero attached hydrogens (tertiary/aromatic N) is 2. The summed E-state index contributed by atoms with van der Waals surface area (Å²) in [5, 5.41) is 0. The number of esters is 1. The van der Waals surface area contributed by atoms with Crippen LogP contribution in [0.3, 0.4) is 0 Å². The maximum absolute atomic E-state index is 13.3. The van der Waals surface area contributed by atoms with Gasteiger partial charge in [0.25, 0.3) is 11.8 Å². The average Bonchev–Trinajstić information content (AvgIpc) is 3.39. The predicted molar refractivity (Wildman–Crippen MR) is 157 cm³/mol. The summed E-state index contributed by atoms with van der Waals surface area (Å²) in [7, 11) is 0. The zero-order valence-electron chi connectivity index (χ0n) is 20.0. The topological polar surface area (TPSA) is 84.0 Å². The van der Waals surface area contributed by atoms with E-state index in [1.54, 1.807) is 24.0 Å². The van der Waals surface area contributed by atoms with Crippen LogP contribution in [0.1, 0.15) is 38.3 Å². The summed E-state index contributed by atoms with van der Waals surface area (Å²) in [4.78, 5) is 54.9. The molecule has 1 fully saturated rings. The number of ether oxygens (including phenoxy) is 1. The van der Waals surface area contributed by atoms with Gasteiger partial charge in [0, 0.05) is 36.5 Å². The van der Waals surface area contributed by atoms with Crippen LogP contribution in [-0.2, 0) is 9.59 Å². The van der Waals surface area contributed by atoms with Crippen molar-refractivity contribution in [3.8, 4) is 5.75 Å². The Balaban J connectivity index is 1.35. The largest absolute Gasteiger partial charge is 0.426 e. The molecular weight excluding hydrogens is 752 g/mol. The fourth-order valence-electron chi connectivity index (χ4n) is 4.62. The van der Waals surface area contributed by atoms with Crippen LogP contribution in [0.15, 0.2) is 60.4 Å². The second-order valence-electron chi connectivity index (χ2n) is 9.07. The highest BCUT2D eigenvalue weighted by molar-refractivity contribution is 9.15. The van der Waals surface area contributed by atoms with E-state index in [0.717, 1.165) is 16.2 Å². The first kappa shape index (κ1) is 27.2. The molecule has 0 radical (unpaired) electrons. The van der Waals surface area contributed by atoms with E-state index in [0.29, 0.717) is 29.1 Å². The van der Waals surface area contributed by atoms with E-state index in [9.17, 15) is 19.2 Å². The molecule has 7 nitrogen and oxygen atoms in total. The summed E-state index contributed by atoms with van der Waals surface area (Å²) in [6.45, 7) is 3.91. The third kappa shape index (κ3) is 4.57. The molecule has 1 atom stereocenters. The molecule has 0 N–H and O–H groups in total. The summed E-state index contributed by atoms with van der Waals surface area (Å²) < 4.78 is 7.76. The fourth-order valence-corrected chi connectivity index (χ4v) is 7.08. The van der Waals surface area contributed by atoms with Gasteiger partial charge in [-0.3, -0.25) is 19.2 Å². The zero-order chi connectivity index (χ0) is 27.5. The van der Waals surface area contributed by atoms with Crippen LogP contribution in [0.25, 0.3) is 0 Å². The molecule has 3 amide bonds. The Morgan fingerprint density at radius 2 is 1.50 bits per heavy atom. The number of hydrogen-bond acceptors (Lipinski definition) is 5. The van der Waals surface area contributed by atoms with Gasteiger partial charge in [-0.25, -0.2) is 4.90 Å². The van der Waals surface area contributed by atoms with Crippen LogP contribution in [0.5, 0.6) is 5.75 Å². The van der Waals surface area contributed by atoms with Crippen molar-refractivity contribution in [1.82, 2.24) is 0 Å². The lowest BCUT2D eigenvalue weighted by atomic mass is 10.1. The van der Waals surface area contributed by atoms with Gasteiger partial charge >= 0.3 is 5.97 Å². The number of halogens is 4. The third-order valence-electron chi connectivity index (χ3n) is 6.50. The van der Waals surface area contributed by atoms with Crippen molar-refractivity contribution in [2.45, 2.75) is 20.3 Å². The van der Waals surface area contributed by atoms with Crippen molar-refractivity contribution >= 4 is 98.8 Å². The molecule has 2 aliphatic heterocycles. The molecule has 2 aliphatic rings. The number of amides is 3. The van der Waals surface area contributed by atoms with Crippen molar-refractivity contribution in [3.05, 3.63) is 82.6 Å². The van der Waals surface area contributed by atoms with Crippen LogP contribution < -0.4 is 14.5 Å². The SMILES string of the molecule is Cc1cccc(N2C[C@@H](C(=O)Oc3ccc(N4C(=O)c5c(Br)c(Br)c(Br)c(Br)c5C4=O)c(C)c3)CC2=O)c1. The van der Waals surface area contributed by atoms with Crippen molar-refractivity contribution in [3.63, 3.8) is 0 Å². The second kappa shape index (κ2) is 10.3. The van der Waals surface area contributed by atoms with Crippen LogP contribution in [0, 0.1) is 19.8 Å². The van der Waals surface area contributed by atoms with Crippen LogP contribution >= 0.6 is 63.7 Å². The molecule has 3 aromatic carbocycles. The fraction of sp³-hybridized carbons (Fsp3) is 0.185. The Labute approximate surface area is 252 Å². The van der Waals surface area contributed by atoms with Gasteiger partial charge < -0.3 is 9.64 Å². The Hall–Kier alpha value is -2.34. The number of aryl methyl sites for hydroxylation is 2. The number of rotatable bonds is 4. The maximum Gasteiger partial charge on any atom is 0.316 e. The lowest BCUT2D eigenvalue weighted by molar-refractivity contribution is -0.139. The van der Waals surface area contributed by atoms with E-state index in [1.807, 2.05) is 31.2 Å². The van der Waals surface area contributed by atoms with E-state index in [2.05, 4.69) is 63.7 Å². The minimum absolute atomic E-state index is 0.0632. The summed E-state index contributed by atoms with van der Waals surface area (Å²) in [5.74, 6) is -1.93. The quantitative estimate of drug-likeness (QED) is 0.0930. The van der Waals surface area contributed by atoms with Crippen molar-refractivity contribution in [1.29, 1.82) is 0 Å². The molecule has 3 aromatic rings. The Morgan fingerprint density at radius 1 is 0.868 bits per heavy atom. The molecule has 2 heterocycles. The molecule has 0 bridgehead atoms. The first-order valence-electron chi connectivity index (χ1n) is 11.4. The summed E-state index contributed by atoms with van der Waals surface area (Å²) in [5.41, 5.74) is 3.22.